The maximum atomic E-state index is 12.0. The van der Waals surface area contributed by atoms with Gasteiger partial charge in [0.1, 0.15) is 11.6 Å². The Hall–Kier alpha value is -3.41. The highest BCUT2D eigenvalue weighted by Gasteiger charge is 2.15. The summed E-state index contributed by atoms with van der Waals surface area (Å²) in [5.41, 5.74) is 1.72. The largest absolute Gasteiger partial charge is 0.360 e. The average Bonchev–Trinajstić information content (AvgIpc) is 3.19. The van der Waals surface area contributed by atoms with Gasteiger partial charge in [0, 0.05) is 23.6 Å². The van der Waals surface area contributed by atoms with Crippen LogP contribution in [0.1, 0.15) is 37.9 Å². The van der Waals surface area contributed by atoms with Crippen molar-refractivity contribution >= 4 is 23.0 Å². The Morgan fingerprint density at radius 3 is 2.58 bits per heavy atom. The number of hydrogen-bond acceptors (Lipinski definition) is 6. The van der Waals surface area contributed by atoms with E-state index in [0.29, 0.717) is 5.69 Å². The number of amides is 2. The van der Waals surface area contributed by atoms with Gasteiger partial charge in [0.15, 0.2) is 0 Å². The standard InChI is InChI=1S/C17H20N8O/c18-10-12(16-22-24-25-23-16)11-19-13-6-8-15(9-7-13)21-17(26)20-14-4-2-1-3-5-14/h6-9,11,14,19H,1-5H2,(H2,20,21,26)(H,22,23,24,25). The highest BCUT2D eigenvalue weighted by atomic mass is 16.2. The molecule has 26 heavy (non-hydrogen) atoms. The Kier molecular flexibility index (Phi) is 5.77. The fourth-order valence-electron chi connectivity index (χ4n) is 2.83. The Morgan fingerprint density at radius 1 is 1.19 bits per heavy atom. The third kappa shape index (κ3) is 4.80. The maximum Gasteiger partial charge on any atom is 0.319 e. The first-order valence-corrected chi connectivity index (χ1v) is 8.53. The lowest BCUT2D eigenvalue weighted by molar-refractivity contribution is 0.244. The second-order valence-corrected chi connectivity index (χ2v) is 6.06. The first-order chi connectivity index (χ1) is 12.7. The van der Waals surface area contributed by atoms with Gasteiger partial charge in [-0.3, -0.25) is 0 Å². The summed E-state index contributed by atoms with van der Waals surface area (Å²) in [6, 6.07) is 9.27. The van der Waals surface area contributed by atoms with Gasteiger partial charge in [0.25, 0.3) is 0 Å². The van der Waals surface area contributed by atoms with Gasteiger partial charge in [-0.05, 0) is 42.3 Å². The van der Waals surface area contributed by atoms with Crippen LogP contribution in [-0.4, -0.2) is 32.7 Å². The molecule has 9 heteroatoms. The smallest absolute Gasteiger partial charge is 0.319 e. The van der Waals surface area contributed by atoms with E-state index in [9.17, 15) is 4.79 Å². The van der Waals surface area contributed by atoms with Crippen molar-refractivity contribution in [2.45, 2.75) is 38.1 Å². The molecule has 0 bridgehead atoms. The monoisotopic (exact) mass is 352 g/mol. The summed E-state index contributed by atoms with van der Waals surface area (Å²) in [4.78, 5) is 12.0. The van der Waals surface area contributed by atoms with E-state index in [2.05, 4.69) is 36.6 Å². The number of benzene rings is 1. The van der Waals surface area contributed by atoms with Crippen LogP contribution in [0.5, 0.6) is 0 Å². The van der Waals surface area contributed by atoms with Crippen LogP contribution < -0.4 is 16.0 Å². The average molecular weight is 352 g/mol. The van der Waals surface area contributed by atoms with Gasteiger partial charge in [-0.2, -0.15) is 10.5 Å². The number of aromatic amines is 1. The second-order valence-electron chi connectivity index (χ2n) is 6.06. The molecule has 0 saturated heterocycles. The predicted molar refractivity (Wildman–Crippen MR) is 96.9 cm³/mol. The SMILES string of the molecule is N#CC(=CNc1ccc(NC(=O)NC2CCCCC2)cc1)c1nn[nH]n1. The lowest BCUT2D eigenvalue weighted by Crippen LogP contribution is -2.38. The van der Waals surface area contributed by atoms with Crippen molar-refractivity contribution in [2.75, 3.05) is 10.6 Å². The summed E-state index contributed by atoms with van der Waals surface area (Å²) in [6.07, 6.45) is 7.20. The Labute approximate surface area is 150 Å². The highest BCUT2D eigenvalue weighted by molar-refractivity contribution is 5.89. The van der Waals surface area contributed by atoms with Crippen molar-refractivity contribution in [3.63, 3.8) is 0 Å². The molecule has 1 aromatic carbocycles. The summed E-state index contributed by atoms with van der Waals surface area (Å²) in [6.45, 7) is 0. The minimum absolute atomic E-state index is 0.179. The van der Waals surface area contributed by atoms with Gasteiger partial charge in [-0.15, -0.1) is 10.2 Å². The summed E-state index contributed by atoms with van der Waals surface area (Å²) in [7, 11) is 0. The maximum absolute atomic E-state index is 12.0. The molecule has 2 aromatic rings. The minimum Gasteiger partial charge on any atom is -0.360 e. The lowest BCUT2D eigenvalue weighted by atomic mass is 9.96. The van der Waals surface area contributed by atoms with Crippen molar-refractivity contribution in [1.29, 1.82) is 5.26 Å². The summed E-state index contributed by atoms with van der Waals surface area (Å²) in [5, 5.41) is 31.2. The molecule has 1 aliphatic rings. The molecule has 2 amide bonds. The van der Waals surface area contributed by atoms with Crippen LogP contribution in [0.2, 0.25) is 0 Å². The number of nitrogens with one attached hydrogen (secondary N) is 4. The van der Waals surface area contributed by atoms with E-state index in [0.717, 1.165) is 18.5 Å². The van der Waals surface area contributed by atoms with E-state index in [1.807, 2.05) is 6.07 Å². The van der Waals surface area contributed by atoms with Crippen molar-refractivity contribution in [1.82, 2.24) is 25.9 Å². The molecule has 1 aromatic heterocycles. The number of urea groups is 1. The van der Waals surface area contributed by atoms with Crippen molar-refractivity contribution in [2.24, 2.45) is 0 Å². The van der Waals surface area contributed by atoms with Gasteiger partial charge >= 0.3 is 6.03 Å². The molecule has 1 saturated carbocycles. The molecular formula is C17H20N8O. The van der Waals surface area contributed by atoms with Crippen molar-refractivity contribution < 1.29 is 4.79 Å². The zero-order chi connectivity index (χ0) is 18.2. The van der Waals surface area contributed by atoms with Crippen LogP contribution in [-0.2, 0) is 0 Å². The van der Waals surface area contributed by atoms with Crippen molar-refractivity contribution in [3.8, 4) is 6.07 Å². The van der Waals surface area contributed by atoms with Gasteiger partial charge in [0.2, 0.25) is 5.82 Å². The quantitative estimate of drug-likeness (QED) is 0.612. The molecule has 3 rings (SSSR count). The summed E-state index contributed by atoms with van der Waals surface area (Å²) >= 11 is 0. The van der Waals surface area contributed by atoms with E-state index >= 15 is 0 Å². The molecule has 1 heterocycles. The van der Waals surface area contributed by atoms with Crippen LogP contribution >= 0.6 is 0 Å². The van der Waals surface area contributed by atoms with E-state index in [1.54, 1.807) is 24.3 Å². The van der Waals surface area contributed by atoms with E-state index in [-0.39, 0.29) is 23.5 Å². The van der Waals surface area contributed by atoms with Gasteiger partial charge < -0.3 is 16.0 Å². The zero-order valence-corrected chi connectivity index (χ0v) is 14.2. The normalized spacial score (nSPS) is 15.1. The van der Waals surface area contributed by atoms with Crippen LogP contribution in [0.15, 0.2) is 30.5 Å². The molecule has 9 nitrogen and oxygen atoms in total. The number of rotatable bonds is 5. The topological polar surface area (TPSA) is 131 Å². The van der Waals surface area contributed by atoms with Gasteiger partial charge in [-0.1, -0.05) is 19.3 Å². The van der Waals surface area contributed by atoms with Gasteiger partial charge in [0.05, 0.1) is 0 Å². The lowest BCUT2D eigenvalue weighted by Gasteiger charge is -2.22. The molecule has 1 fully saturated rings. The number of anilines is 2. The number of allylic oxidation sites excluding steroid dienone is 1. The summed E-state index contributed by atoms with van der Waals surface area (Å²) < 4.78 is 0. The number of hydrogen-bond donors (Lipinski definition) is 4. The number of carbonyl (C=O) groups is 1. The molecule has 1 aliphatic carbocycles. The molecule has 0 radical (unpaired) electrons. The van der Waals surface area contributed by atoms with Crippen LogP contribution in [0, 0.1) is 11.3 Å². The van der Waals surface area contributed by atoms with Crippen LogP contribution in [0.3, 0.4) is 0 Å². The van der Waals surface area contributed by atoms with E-state index < -0.39 is 0 Å². The molecule has 0 atom stereocenters. The first kappa shape index (κ1) is 17.4. The number of nitrogens with zero attached hydrogens (tertiary/aromatic N) is 4. The third-order valence-electron chi connectivity index (χ3n) is 4.17. The number of carbonyl (C=O) groups excluding carboxylic acids is 1. The number of H-pyrrole nitrogens is 1. The second kappa shape index (κ2) is 8.62. The minimum atomic E-state index is -0.179. The van der Waals surface area contributed by atoms with Crippen molar-refractivity contribution in [3.05, 3.63) is 36.3 Å². The fourth-order valence-corrected chi connectivity index (χ4v) is 2.83. The summed E-state index contributed by atoms with van der Waals surface area (Å²) in [5.74, 6) is 0.220. The van der Waals surface area contributed by atoms with E-state index in [1.165, 1.54) is 25.5 Å². The molecule has 0 aliphatic heterocycles. The number of nitriles is 1. The fraction of sp³-hybridized carbons (Fsp3) is 0.353. The number of aromatic nitrogens is 4. The number of tetrazole rings is 1. The first-order valence-electron chi connectivity index (χ1n) is 8.53. The zero-order valence-electron chi connectivity index (χ0n) is 14.2. The van der Waals surface area contributed by atoms with Crippen LogP contribution in [0.4, 0.5) is 16.2 Å². The van der Waals surface area contributed by atoms with Crippen LogP contribution in [0.25, 0.3) is 5.57 Å². The molecular weight excluding hydrogens is 332 g/mol. The predicted octanol–water partition coefficient (Wildman–Crippen LogP) is 2.63. The Balaban J connectivity index is 1.53. The Morgan fingerprint density at radius 2 is 1.92 bits per heavy atom. The molecule has 0 unspecified atom stereocenters. The highest BCUT2D eigenvalue weighted by Crippen LogP contribution is 2.18. The molecule has 0 spiro atoms. The molecule has 4 N–H and O–H groups in total. The Bertz CT molecular complexity index is 785. The molecule has 134 valence electrons. The van der Waals surface area contributed by atoms with E-state index in [4.69, 9.17) is 5.26 Å². The third-order valence-corrected chi connectivity index (χ3v) is 4.17. The van der Waals surface area contributed by atoms with Gasteiger partial charge in [-0.25, -0.2) is 4.79 Å².